The summed E-state index contributed by atoms with van der Waals surface area (Å²) in [5, 5.41) is 2.74. The molecule has 0 spiro atoms. The van der Waals surface area contributed by atoms with Crippen molar-refractivity contribution in [3.05, 3.63) is 112 Å². The maximum absolute atomic E-state index is 14.4. The molecule has 2 aliphatic rings. The highest BCUT2D eigenvalue weighted by molar-refractivity contribution is 7.17. The first kappa shape index (κ1) is 25.3. The predicted octanol–water partition coefficient (Wildman–Crippen LogP) is 6.78. The Kier molecular flexibility index (Phi) is 6.23. The van der Waals surface area contributed by atoms with E-state index in [-0.39, 0.29) is 17.5 Å². The van der Waals surface area contributed by atoms with Crippen LogP contribution in [0.25, 0.3) is 16.3 Å². The molecule has 1 saturated carbocycles. The van der Waals surface area contributed by atoms with E-state index in [9.17, 15) is 14.0 Å². The van der Waals surface area contributed by atoms with Crippen molar-refractivity contribution in [1.82, 2.24) is 14.5 Å². The third-order valence-corrected chi connectivity index (χ3v) is 8.81. The smallest absolute Gasteiger partial charge is 0.276 e. The van der Waals surface area contributed by atoms with Gasteiger partial charge in [-0.3, -0.25) is 14.2 Å². The summed E-state index contributed by atoms with van der Waals surface area (Å²) in [6.07, 6.45) is 6.64. The highest BCUT2D eigenvalue weighted by Gasteiger charge is 2.29. The van der Waals surface area contributed by atoms with E-state index in [2.05, 4.69) is 10.3 Å². The number of nitrogens with one attached hydrogen (secondary N) is 1. The van der Waals surface area contributed by atoms with Gasteiger partial charge in [0.15, 0.2) is 0 Å². The molecule has 204 valence electrons. The van der Waals surface area contributed by atoms with Gasteiger partial charge in [-0.25, -0.2) is 14.4 Å². The molecule has 0 unspecified atom stereocenters. The summed E-state index contributed by atoms with van der Waals surface area (Å²) in [6, 6.07) is 19.7. The van der Waals surface area contributed by atoms with Crippen molar-refractivity contribution in [2.24, 2.45) is 0 Å². The van der Waals surface area contributed by atoms with Crippen LogP contribution in [0.3, 0.4) is 0 Å². The molecule has 9 heteroatoms. The molecular formula is C32H26FN5O2S. The maximum atomic E-state index is 14.4. The molecule has 0 saturated heterocycles. The van der Waals surface area contributed by atoms with Gasteiger partial charge in [-0.05, 0) is 67.6 Å². The van der Waals surface area contributed by atoms with Gasteiger partial charge in [0.25, 0.3) is 11.8 Å². The molecule has 2 aromatic carbocycles. The van der Waals surface area contributed by atoms with Crippen molar-refractivity contribution >= 4 is 34.5 Å². The molecule has 1 aliphatic carbocycles. The van der Waals surface area contributed by atoms with E-state index in [1.165, 1.54) is 30.2 Å². The van der Waals surface area contributed by atoms with Crippen LogP contribution in [0.5, 0.6) is 0 Å². The summed E-state index contributed by atoms with van der Waals surface area (Å²) in [6.45, 7) is 2.19. The zero-order chi connectivity index (χ0) is 28.1. The number of hydrogen-bond donors (Lipinski definition) is 1. The highest BCUT2D eigenvalue weighted by Crippen LogP contribution is 2.42. The minimum absolute atomic E-state index is 0.187. The van der Waals surface area contributed by atoms with Crippen LogP contribution in [-0.4, -0.2) is 32.9 Å². The Morgan fingerprint density at radius 1 is 1.05 bits per heavy atom. The number of aromatic nitrogens is 3. The lowest BCUT2D eigenvalue weighted by molar-refractivity contribution is 0.0981. The zero-order valence-corrected chi connectivity index (χ0v) is 23.1. The van der Waals surface area contributed by atoms with Crippen LogP contribution in [0, 0.1) is 12.7 Å². The summed E-state index contributed by atoms with van der Waals surface area (Å²) in [4.78, 5) is 39.4. The average Bonchev–Trinajstić information content (AvgIpc) is 3.60. The standard InChI is InChI=1S/C32H26FN5O2S/c1-19-6-4-8-23(33)29(19)36-31(39)27-16-21-14-15-38(26-10-3-2-7-22(26)30(21)41-27)32(40)24-9-5-11-28(35-24)37-17-25(34-18-37)20-12-13-20/h2-11,16-18,20H,12-15H2,1H3,(H,36,39). The average molecular weight is 564 g/mol. The van der Waals surface area contributed by atoms with Crippen LogP contribution < -0.4 is 10.2 Å². The van der Waals surface area contributed by atoms with Gasteiger partial charge in [0.2, 0.25) is 0 Å². The van der Waals surface area contributed by atoms with Crippen LogP contribution >= 0.6 is 11.3 Å². The van der Waals surface area contributed by atoms with Gasteiger partial charge in [0.1, 0.15) is 23.7 Å². The first-order valence-corrected chi connectivity index (χ1v) is 14.4. The van der Waals surface area contributed by atoms with Gasteiger partial charge >= 0.3 is 0 Å². The number of carbonyl (C=O) groups is 2. The molecule has 0 atom stereocenters. The second kappa shape index (κ2) is 10.1. The van der Waals surface area contributed by atoms with E-state index in [0.29, 0.717) is 40.8 Å². The largest absolute Gasteiger partial charge is 0.319 e. The van der Waals surface area contributed by atoms with Crippen LogP contribution in [0.1, 0.15) is 55.7 Å². The Balaban J connectivity index is 1.18. The topological polar surface area (TPSA) is 80.1 Å². The second-order valence-corrected chi connectivity index (χ2v) is 11.5. The van der Waals surface area contributed by atoms with Crippen molar-refractivity contribution < 1.29 is 14.0 Å². The molecule has 0 bridgehead atoms. The fourth-order valence-electron chi connectivity index (χ4n) is 5.26. The molecule has 7 rings (SSSR count). The van der Waals surface area contributed by atoms with Gasteiger partial charge in [0.05, 0.1) is 21.9 Å². The monoisotopic (exact) mass is 563 g/mol. The van der Waals surface area contributed by atoms with E-state index in [0.717, 1.165) is 27.4 Å². The van der Waals surface area contributed by atoms with E-state index in [4.69, 9.17) is 4.98 Å². The van der Waals surface area contributed by atoms with E-state index < -0.39 is 5.82 Å². The number of benzene rings is 2. The van der Waals surface area contributed by atoms with Crippen LogP contribution in [0.4, 0.5) is 15.8 Å². The first-order valence-electron chi connectivity index (χ1n) is 13.6. The van der Waals surface area contributed by atoms with Crippen molar-refractivity contribution in [2.75, 3.05) is 16.8 Å². The van der Waals surface area contributed by atoms with Gasteiger partial charge in [-0.1, -0.05) is 36.4 Å². The fraction of sp³-hybridized carbons (Fsp3) is 0.188. The molecule has 7 nitrogen and oxygen atoms in total. The summed E-state index contributed by atoms with van der Waals surface area (Å²) < 4.78 is 16.2. The number of imidazole rings is 1. The first-order chi connectivity index (χ1) is 20.0. The molecule has 2 amide bonds. The number of nitrogens with zero attached hydrogens (tertiary/aromatic N) is 4. The number of hydrogen-bond acceptors (Lipinski definition) is 5. The third-order valence-electron chi connectivity index (χ3n) is 7.60. The lowest BCUT2D eigenvalue weighted by Gasteiger charge is -2.23. The maximum Gasteiger partial charge on any atom is 0.276 e. The lowest BCUT2D eigenvalue weighted by Crippen LogP contribution is -2.33. The lowest BCUT2D eigenvalue weighted by atomic mass is 10.1. The molecule has 0 radical (unpaired) electrons. The molecule has 3 aromatic heterocycles. The zero-order valence-electron chi connectivity index (χ0n) is 22.3. The van der Waals surface area contributed by atoms with Crippen LogP contribution in [0.2, 0.25) is 0 Å². The molecule has 1 aliphatic heterocycles. The SMILES string of the molecule is Cc1cccc(F)c1NC(=O)c1cc2c(s1)-c1ccccc1N(C(=O)c1cccc(-n3cnc(C4CC4)c3)n1)CC2. The Bertz CT molecular complexity index is 1800. The number of pyridine rings is 1. The third kappa shape index (κ3) is 4.72. The summed E-state index contributed by atoms with van der Waals surface area (Å²) in [7, 11) is 0. The van der Waals surface area contributed by atoms with Gasteiger partial charge in [-0.15, -0.1) is 11.3 Å². The summed E-state index contributed by atoms with van der Waals surface area (Å²) in [5.41, 5.74) is 4.87. The van der Waals surface area contributed by atoms with Gasteiger partial charge in [0, 0.05) is 29.1 Å². The normalized spacial score (nSPS) is 14.2. The van der Waals surface area contributed by atoms with E-state index in [1.54, 1.807) is 36.4 Å². The molecule has 4 heterocycles. The number of aryl methyl sites for hydroxylation is 1. The minimum Gasteiger partial charge on any atom is -0.319 e. The number of para-hydroxylation sites is 2. The number of fused-ring (bicyclic) bond motifs is 3. The van der Waals surface area contributed by atoms with Crippen molar-refractivity contribution in [3.8, 4) is 16.3 Å². The Morgan fingerprint density at radius 3 is 2.71 bits per heavy atom. The molecule has 5 aromatic rings. The molecule has 1 N–H and O–H groups in total. The predicted molar refractivity (Wildman–Crippen MR) is 158 cm³/mol. The van der Waals surface area contributed by atoms with Crippen molar-refractivity contribution in [3.63, 3.8) is 0 Å². The number of rotatable bonds is 5. The molecular weight excluding hydrogens is 537 g/mol. The number of amides is 2. The highest BCUT2D eigenvalue weighted by atomic mass is 32.1. The van der Waals surface area contributed by atoms with Crippen LogP contribution in [0.15, 0.2) is 79.3 Å². The fourth-order valence-corrected chi connectivity index (χ4v) is 6.40. The summed E-state index contributed by atoms with van der Waals surface area (Å²) in [5.74, 6) is 0.173. The Hall–Kier alpha value is -4.63. The quantitative estimate of drug-likeness (QED) is 0.256. The van der Waals surface area contributed by atoms with Crippen LogP contribution in [-0.2, 0) is 6.42 Å². The minimum atomic E-state index is -0.468. The number of halogens is 1. The Morgan fingerprint density at radius 2 is 1.88 bits per heavy atom. The molecule has 41 heavy (non-hydrogen) atoms. The van der Waals surface area contributed by atoms with Gasteiger partial charge < -0.3 is 10.2 Å². The van der Waals surface area contributed by atoms with E-state index >= 15 is 0 Å². The number of carbonyl (C=O) groups excluding carboxylic acids is 2. The van der Waals surface area contributed by atoms with Gasteiger partial charge in [-0.2, -0.15) is 0 Å². The van der Waals surface area contributed by atoms with Crippen molar-refractivity contribution in [2.45, 2.75) is 32.1 Å². The number of anilines is 2. The number of thiophene rings is 1. The second-order valence-electron chi connectivity index (χ2n) is 10.4. The molecule has 1 fully saturated rings. The summed E-state index contributed by atoms with van der Waals surface area (Å²) >= 11 is 1.35. The van der Waals surface area contributed by atoms with E-state index in [1.807, 2.05) is 53.2 Å². The van der Waals surface area contributed by atoms with Crippen molar-refractivity contribution in [1.29, 1.82) is 0 Å². The Labute approximate surface area is 240 Å².